The van der Waals surface area contributed by atoms with Crippen molar-refractivity contribution < 1.29 is 14.3 Å². The highest BCUT2D eigenvalue weighted by atomic mass is 19.1. The molecule has 1 saturated heterocycles. The SMILES string of the molecule is O=C(O)[C@@H]1CCN(c2nccn3ncnc23)C[C@H]1F. The van der Waals surface area contributed by atoms with Crippen molar-refractivity contribution in [1.29, 1.82) is 0 Å². The molecule has 1 aliphatic heterocycles. The van der Waals surface area contributed by atoms with Gasteiger partial charge in [0.1, 0.15) is 12.5 Å². The van der Waals surface area contributed by atoms with Crippen LogP contribution in [0.4, 0.5) is 10.2 Å². The Morgan fingerprint density at radius 2 is 2.32 bits per heavy atom. The van der Waals surface area contributed by atoms with E-state index in [4.69, 9.17) is 5.11 Å². The van der Waals surface area contributed by atoms with E-state index in [9.17, 15) is 9.18 Å². The van der Waals surface area contributed by atoms with E-state index in [0.717, 1.165) is 0 Å². The number of hydrogen-bond donors (Lipinski definition) is 1. The molecule has 0 aliphatic carbocycles. The Hall–Kier alpha value is -2.25. The lowest BCUT2D eigenvalue weighted by atomic mass is 9.95. The first kappa shape index (κ1) is 11.8. The van der Waals surface area contributed by atoms with Gasteiger partial charge in [0.15, 0.2) is 11.5 Å². The first-order valence-electron chi connectivity index (χ1n) is 5.93. The Morgan fingerprint density at radius 1 is 1.47 bits per heavy atom. The fourth-order valence-electron chi connectivity index (χ4n) is 2.34. The summed E-state index contributed by atoms with van der Waals surface area (Å²) in [6, 6.07) is 0. The van der Waals surface area contributed by atoms with Crippen LogP contribution in [0.5, 0.6) is 0 Å². The van der Waals surface area contributed by atoms with Gasteiger partial charge < -0.3 is 10.0 Å². The van der Waals surface area contributed by atoms with Crippen LogP contribution in [0, 0.1) is 5.92 Å². The predicted octanol–water partition coefficient (Wildman–Crippen LogP) is 0.373. The van der Waals surface area contributed by atoms with Crippen LogP contribution in [0.25, 0.3) is 5.65 Å². The number of rotatable bonds is 2. The lowest BCUT2D eigenvalue weighted by molar-refractivity contribution is -0.144. The van der Waals surface area contributed by atoms with E-state index in [1.807, 2.05) is 0 Å². The summed E-state index contributed by atoms with van der Waals surface area (Å²) in [5, 5.41) is 12.9. The average molecular weight is 265 g/mol. The van der Waals surface area contributed by atoms with Crippen LogP contribution in [-0.2, 0) is 4.79 Å². The summed E-state index contributed by atoms with van der Waals surface area (Å²) in [5.74, 6) is -1.49. The van der Waals surface area contributed by atoms with Gasteiger partial charge in [-0.3, -0.25) is 4.79 Å². The van der Waals surface area contributed by atoms with Crippen molar-refractivity contribution in [2.24, 2.45) is 5.92 Å². The van der Waals surface area contributed by atoms with E-state index in [1.165, 1.54) is 6.33 Å². The average Bonchev–Trinajstić information content (AvgIpc) is 2.86. The Morgan fingerprint density at radius 3 is 3.05 bits per heavy atom. The van der Waals surface area contributed by atoms with Crippen LogP contribution >= 0.6 is 0 Å². The molecule has 19 heavy (non-hydrogen) atoms. The molecule has 0 unspecified atom stereocenters. The molecular weight excluding hydrogens is 253 g/mol. The van der Waals surface area contributed by atoms with Gasteiger partial charge in [-0.25, -0.2) is 18.9 Å². The third-order valence-corrected chi connectivity index (χ3v) is 3.34. The molecule has 0 amide bonds. The molecule has 0 aromatic carbocycles. The topological polar surface area (TPSA) is 83.6 Å². The van der Waals surface area contributed by atoms with Crippen LogP contribution in [0.15, 0.2) is 18.7 Å². The molecule has 2 atom stereocenters. The van der Waals surface area contributed by atoms with E-state index in [-0.39, 0.29) is 13.0 Å². The molecule has 0 radical (unpaired) electrons. The monoisotopic (exact) mass is 265 g/mol. The molecule has 3 rings (SSSR count). The van der Waals surface area contributed by atoms with Gasteiger partial charge >= 0.3 is 5.97 Å². The van der Waals surface area contributed by atoms with Crippen LogP contribution < -0.4 is 4.90 Å². The highest BCUT2D eigenvalue weighted by Gasteiger charge is 2.35. The Labute approximate surface area is 107 Å². The number of nitrogens with zero attached hydrogens (tertiary/aromatic N) is 5. The zero-order valence-corrected chi connectivity index (χ0v) is 9.98. The van der Waals surface area contributed by atoms with E-state index in [1.54, 1.807) is 21.8 Å². The van der Waals surface area contributed by atoms with Crippen molar-refractivity contribution in [3.05, 3.63) is 18.7 Å². The number of fused-ring (bicyclic) bond motifs is 1. The van der Waals surface area contributed by atoms with E-state index in [0.29, 0.717) is 18.0 Å². The van der Waals surface area contributed by atoms with Gasteiger partial charge in [-0.15, -0.1) is 0 Å². The first-order chi connectivity index (χ1) is 9.16. The molecule has 1 aliphatic rings. The van der Waals surface area contributed by atoms with Crippen molar-refractivity contribution in [2.75, 3.05) is 18.0 Å². The Bertz CT molecular complexity index is 616. The van der Waals surface area contributed by atoms with Crippen LogP contribution in [0.1, 0.15) is 6.42 Å². The summed E-state index contributed by atoms with van der Waals surface area (Å²) in [4.78, 5) is 20.9. The maximum absolute atomic E-state index is 13.9. The molecule has 7 nitrogen and oxygen atoms in total. The third-order valence-electron chi connectivity index (χ3n) is 3.34. The molecule has 2 aromatic rings. The third kappa shape index (κ3) is 1.98. The molecule has 100 valence electrons. The number of halogens is 1. The second-order valence-corrected chi connectivity index (χ2v) is 4.47. The van der Waals surface area contributed by atoms with E-state index < -0.39 is 18.1 Å². The molecular formula is C11H12FN5O2. The summed E-state index contributed by atoms with van der Waals surface area (Å²) >= 11 is 0. The van der Waals surface area contributed by atoms with Gasteiger partial charge in [0.25, 0.3) is 0 Å². The number of alkyl halides is 1. The fourth-order valence-corrected chi connectivity index (χ4v) is 2.34. The minimum atomic E-state index is -1.41. The number of carboxylic acids is 1. The normalized spacial score (nSPS) is 23.7. The molecule has 8 heteroatoms. The predicted molar refractivity (Wildman–Crippen MR) is 63.6 cm³/mol. The Balaban J connectivity index is 1.88. The molecule has 0 spiro atoms. The summed E-state index contributed by atoms with van der Waals surface area (Å²) in [6.45, 7) is 0.452. The molecule has 0 bridgehead atoms. The van der Waals surface area contributed by atoms with Crippen molar-refractivity contribution in [3.63, 3.8) is 0 Å². The van der Waals surface area contributed by atoms with Crippen LogP contribution in [0.2, 0.25) is 0 Å². The number of aliphatic carboxylic acids is 1. The zero-order chi connectivity index (χ0) is 13.4. The van der Waals surface area contributed by atoms with Gasteiger partial charge in [0.2, 0.25) is 0 Å². The number of piperidine rings is 1. The number of anilines is 1. The molecule has 0 saturated carbocycles. The first-order valence-corrected chi connectivity index (χ1v) is 5.93. The summed E-state index contributed by atoms with van der Waals surface area (Å²) in [7, 11) is 0. The lowest BCUT2D eigenvalue weighted by Gasteiger charge is -2.33. The van der Waals surface area contributed by atoms with Crippen molar-refractivity contribution in [3.8, 4) is 0 Å². The minimum Gasteiger partial charge on any atom is -0.481 e. The van der Waals surface area contributed by atoms with Crippen molar-refractivity contribution in [2.45, 2.75) is 12.6 Å². The van der Waals surface area contributed by atoms with Crippen LogP contribution in [0.3, 0.4) is 0 Å². The second-order valence-electron chi connectivity index (χ2n) is 4.47. The number of carbonyl (C=O) groups is 1. The summed E-state index contributed by atoms with van der Waals surface area (Å²) in [5.41, 5.74) is 0.545. The highest BCUT2D eigenvalue weighted by molar-refractivity contribution is 5.72. The number of aromatic nitrogens is 4. The maximum atomic E-state index is 13.9. The van der Waals surface area contributed by atoms with Crippen LogP contribution in [-0.4, -0.2) is 49.9 Å². The van der Waals surface area contributed by atoms with E-state index >= 15 is 0 Å². The summed E-state index contributed by atoms with van der Waals surface area (Å²) in [6.07, 6.45) is 3.47. The van der Waals surface area contributed by atoms with Crippen molar-refractivity contribution >= 4 is 17.4 Å². The molecule has 1 N–H and O–H groups in total. The van der Waals surface area contributed by atoms with Gasteiger partial charge in [-0.1, -0.05) is 0 Å². The maximum Gasteiger partial charge on any atom is 0.309 e. The smallest absolute Gasteiger partial charge is 0.309 e. The molecule has 1 fully saturated rings. The van der Waals surface area contributed by atoms with E-state index in [2.05, 4.69) is 15.1 Å². The largest absolute Gasteiger partial charge is 0.481 e. The molecule has 2 aromatic heterocycles. The zero-order valence-electron chi connectivity index (χ0n) is 9.98. The fraction of sp³-hybridized carbons (Fsp3) is 0.455. The molecule has 3 heterocycles. The standard InChI is InChI=1S/C11H12FN5O2/c12-8-5-16(3-1-7(8)11(18)19)9-10-14-6-15-17(10)4-2-13-9/h2,4,6-8H,1,3,5H2,(H,18,19)/t7-,8-/m1/s1. The lowest BCUT2D eigenvalue weighted by Crippen LogP contribution is -2.45. The second kappa shape index (κ2) is 4.45. The number of hydrogen-bond acceptors (Lipinski definition) is 5. The minimum absolute atomic E-state index is 0.0104. The van der Waals surface area contributed by atoms with Gasteiger partial charge in [0, 0.05) is 18.9 Å². The van der Waals surface area contributed by atoms with Gasteiger partial charge in [0.05, 0.1) is 12.5 Å². The van der Waals surface area contributed by atoms with Crippen molar-refractivity contribution in [1.82, 2.24) is 19.6 Å². The Kier molecular flexibility index (Phi) is 2.77. The highest BCUT2D eigenvalue weighted by Crippen LogP contribution is 2.26. The summed E-state index contributed by atoms with van der Waals surface area (Å²) < 4.78 is 15.4. The van der Waals surface area contributed by atoms with Gasteiger partial charge in [-0.05, 0) is 6.42 Å². The number of carboxylic acid groups (broad SMARTS) is 1. The van der Waals surface area contributed by atoms with Gasteiger partial charge in [-0.2, -0.15) is 5.10 Å². The quantitative estimate of drug-likeness (QED) is 0.844.